The van der Waals surface area contributed by atoms with Crippen LogP contribution >= 0.6 is 0 Å². The van der Waals surface area contributed by atoms with Crippen LogP contribution in [0.3, 0.4) is 0 Å². The third-order valence-corrected chi connectivity index (χ3v) is 0. The first-order chi connectivity index (χ1) is 1.73. The van der Waals surface area contributed by atoms with Gasteiger partial charge in [-0.1, -0.05) is 0 Å². The van der Waals surface area contributed by atoms with Gasteiger partial charge in [-0.25, -0.2) is 0 Å². The second-order valence-electron chi connectivity index (χ2n) is 0.231. The average molecular weight is 327 g/mol. The Labute approximate surface area is 107 Å². The van der Waals surface area contributed by atoms with Crippen molar-refractivity contribution in [2.75, 3.05) is 0 Å². The molecule has 0 aliphatic heterocycles. The van der Waals surface area contributed by atoms with E-state index in [1.54, 1.807) is 0 Å². The summed E-state index contributed by atoms with van der Waals surface area (Å²) in [6.07, 6.45) is 0. The third kappa shape index (κ3) is 51.7. The summed E-state index contributed by atoms with van der Waals surface area (Å²) in [5.41, 5.74) is 0. The van der Waals surface area contributed by atoms with Crippen LogP contribution in [0.15, 0.2) is 0 Å². The molecule has 0 atom stereocenters. The molecule has 0 heterocycles. The Balaban J connectivity index is -0.00000000450. The molecule has 1 radical (unpaired) electrons. The SMILES string of the molecule is O=S(O)O.[Au].[H-].[H-].[Na+].[Na+]. The van der Waals surface area contributed by atoms with Crippen molar-refractivity contribution in [2.24, 2.45) is 0 Å². The zero-order chi connectivity index (χ0) is 3.58. The van der Waals surface area contributed by atoms with E-state index in [0.29, 0.717) is 0 Å². The van der Waals surface area contributed by atoms with Gasteiger partial charge in [0.2, 0.25) is 0 Å². The van der Waals surface area contributed by atoms with Gasteiger partial charge in [0.25, 0.3) is 11.4 Å². The molecule has 0 aromatic carbocycles. The van der Waals surface area contributed by atoms with Crippen molar-refractivity contribution in [3.05, 3.63) is 0 Å². The summed E-state index contributed by atoms with van der Waals surface area (Å²) in [7, 11) is 0. The zero-order valence-electron chi connectivity index (χ0n) is 6.01. The van der Waals surface area contributed by atoms with Crippen molar-refractivity contribution in [1.82, 2.24) is 0 Å². The molecule has 0 aliphatic rings. The fourth-order valence-electron chi connectivity index (χ4n) is 0. The van der Waals surface area contributed by atoms with Crippen molar-refractivity contribution < 1.29 is 97.7 Å². The molecule has 0 spiro atoms. The standard InChI is InChI=1S/Au.2Na.H2O3S.2H/c;;;1-4(2)3;;/h;;;(H2,1,2,3);;/q;2*+1;;2*-1. The molecule has 7 heteroatoms. The van der Waals surface area contributed by atoms with Crippen LogP contribution in [0.2, 0.25) is 0 Å². The van der Waals surface area contributed by atoms with Crippen LogP contribution < -0.4 is 59.1 Å². The van der Waals surface area contributed by atoms with Crippen LogP contribution in [-0.4, -0.2) is 13.3 Å². The first-order valence-corrected chi connectivity index (χ1v) is 1.60. The summed E-state index contributed by atoms with van der Waals surface area (Å²) < 4.78 is 22.8. The van der Waals surface area contributed by atoms with Gasteiger partial charge in [-0.2, -0.15) is 4.21 Å². The molecule has 7 heavy (non-hydrogen) atoms. The van der Waals surface area contributed by atoms with Crippen molar-refractivity contribution in [3.63, 3.8) is 0 Å². The van der Waals surface area contributed by atoms with Gasteiger partial charge in [0, 0.05) is 22.4 Å². The van der Waals surface area contributed by atoms with E-state index in [2.05, 4.69) is 0 Å². The first kappa shape index (κ1) is 22.6. The van der Waals surface area contributed by atoms with Gasteiger partial charge in [-0.3, -0.25) is 9.11 Å². The summed E-state index contributed by atoms with van der Waals surface area (Å²) in [4.78, 5) is 0. The van der Waals surface area contributed by atoms with Crippen LogP contribution in [0.25, 0.3) is 0 Å². The average Bonchev–Trinajstić information content (AvgIpc) is 0.811. The molecule has 0 saturated carbocycles. The van der Waals surface area contributed by atoms with Gasteiger partial charge in [0.15, 0.2) is 0 Å². The first-order valence-electron chi connectivity index (χ1n) is 0.532. The van der Waals surface area contributed by atoms with Gasteiger partial charge in [-0.05, 0) is 0 Å². The quantitative estimate of drug-likeness (QED) is 0.344. The van der Waals surface area contributed by atoms with E-state index in [1.165, 1.54) is 0 Å². The normalized spacial score (nSPS) is 5.00. The summed E-state index contributed by atoms with van der Waals surface area (Å²) in [6.45, 7) is 0. The minimum Gasteiger partial charge on any atom is -1.00 e. The van der Waals surface area contributed by atoms with E-state index in [4.69, 9.17) is 13.3 Å². The smallest absolute Gasteiger partial charge is 1.00 e. The predicted molar refractivity (Wildman–Crippen MR) is 15.6 cm³/mol. The van der Waals surface area contributed by atoms with E-state index in [-0.39, 0.29) is 84.3 Å². The Hall–Kier alpha value is 2.81. The van der Waals surface area contributed by atoms with E-state index in [9.17, 15) is 0 Å². The van der Waals surface area contributed by atoms with Gasteiger partial charge in [0.05, 0.1) is 0 Å². The van der Waals surface area contributed by atoms with Crippen LogP contribution in [0.5, 0.6) is 0 Å². The molecule has 0 unspecified atom stereocenters. The molecular formula is H4AuNa2O3S. The molecule has 0 aliphatic carbocycles. The Morgan fingerprint density at radius 2 is 1.29 bits per heavy atom. The van der Waals surface area contributed by atoms with Gasteiger partial charge < -0.3 is 2.85 Å². The van der Waals surface area contributed by atoms with Crippen LogP contribution in [0.4, 0.5) is 0 Å². The third-order valence-electron chi connectivity index (χ3n) is 0. The van der Waals surface area contributed by atoms with Crippen molar-refractivity contribution >= 4 is 11.4 Å². The van der Waals surface area contributed by atoms with Gasteiger partial charge >= 0.3 is 59.1 Å². The minimum atomic E-state index is -2.61. The predicted octanol–water partition coefficient (Wildman–Crippen LogP) is -6.09. The Morgan fingerprint density at radius 3 is 1.29 bits per heavy atom. The molecule has 0 rings (SSSR count). The van der Waals surface area contributed by atoms with E-state index in [0.717, 1.165) is 0 Å². The number of rotatable bonds is 0. The molecule has 0 aromatic rings. The Morgan fingerprint density at radius 1 is 1.29 bits per heavy atom. The maximum Gasteiger partial charge on any atom is 1.00 e. The fraction of sp³-hybridized carbons (Fsp3) is 0. The molecule has 0 saturated heterocycles. The summed E-state index contributed by atoms with van der Waals surface area (Å²) in [5, 5.41) is 0. The largest absolute Gasteiger partial charge is 1.00 e. The Kier molecular flexibility index (Phi) is 51.3. The maximum absolute atomic E-state index is 8.67. The van der Waals surface area contributed by atoms with Crippen LogP contribution in [-0.2, 0) is 33.7 Å². The van der Waals surface area contributed by atoms with E-state index < -0.39 is 11.4 Å². The van der Waals surface area contributed by atoms with Crippen molar-refractivity contribution in [3.8, 4) is 0 Å². The summed E-state index contributed by atoms with van der Waals surface area (Å²) in [5.74, 6) is 0. The van der Waals surface area contributed by atoms with Crippen molar-refractivity contribution in [1.29, 1.82) is 0 Å². The molecule has 0 aromatic heterocycles. The molecule has 0 amide bonds. The second-order valence-corrected chi connectivity index (χ2v) is 0.692. The van der Waals surface area contributed by atoms with Crippen molar-refractivity contribution in [2.45, 2.75) is 0 Å². The number of hydrogen-bond acceptors (Lipinski definition) is 1. The molecule has 2 N–H and O–H groups in total. The summed E-state index contributed by atoms with van der Waals surface area (Å²) >= 11 is -2.61. The van der Waals surface area contributed by atoms with Gasteiger partial charge in [0.1, 0.15) is 0 Å². The molecule has 3 nitrogen and oxygen atoms in total. The second kappa shape index (κ2) is 15.9. The minimum absolute atomic E-state index is 0. The molecule has 41 valence electrons. The molecule has 0 bridgehead atoms. The maximum atomic E-state index is 8.67. The monoisotopic (exact) mass is 327 g/mol. The topological polar surface area (TPSA) is 57.5 Å². The van der Waals surface area contributed by atoms with E-state index >= 15 is 0 Å². The summed E-state index contributed by atoms with van der Waals surface area (Å²) in [6, 6.07) is 0. The van der Waals surface area contributed by atoms with Crippen LogP contribution in [0.1, 0.15) is 2.85 Å². The Bertz CT molecular complexity index is 42.8. The van der Waals surface area contributed by atoms with E-state index in [1.807, 2.05) is 0 Å². The molecular weight excluding hydrogens is 323 g/mol. The molecule has 0 fully saturated rings. The van der Waals surface area contributed by atoms with Gasteiger partial charge in [-0.15, -0.1) is 0 Å². The number of hydrogen-bond donors (Lipinski definition) is 2. The van der Waals surface area contributed by atoms with Crippen LogP contribution in [0, 0.1) is 0 Å². The zero-order valence-corrected chi connectivity index (χ0v) is 11.0. The fourth-order valence-corrected chi connectivity index (χ4v) is 0.